The van der Waals surface area contributed by atoms with E-state index in [4.69, 9.17) is 4.42 Å². The van der Waals surface area contributed by atoms with Crippen LogP contribution in [0.15, 0.2) is 17.1 Å². The molecule has 0 unspecified atom stereocenters. The molecule has 0 spiro atoms. The molecule has 1 aliphatic rings. The molecular formula is C6H7NO. The topological polar surface area (TPSA) is 26.0 Å². The van der Waals surface area contributed by atoms with Crippen LogP contribution in [-0.4, -0.2) is 4.98 Å². The molecule has 1 heterocycles. The first-order valence-electron chi connectivity index (χ1n) is 2.85. The predicted octanol–water partition coefficient (Wildman–Crippen LogP) is 1.55. The van der Waals surface area contributed by atoms with Crippen LogP contribution >= 0.6 is 0 Å². The van der Waals surface area contributed by atoms with Gasteiger partial charge in [0, 0.05) is 5.92 Å². The van der Waals surface area contributed by atoms with E-state index in [1.54, 1.807) is 6.26 Å². The van der Waals surface area contributed by atoms with E-state index < -0.39 is 0 Å². The van der Waals surface area contributed by atoms with Gasteiger partial charge in [0.15, 0.2) is 6.39 Å². The van der Waals surface area contributed by atoms with Crippen LogP contribution in [-0.2, 0) is 0 Å². The Morgan fingerprint density at radius 3 is 3.00 bits per heavy atom. The molecule has 2 nitrogen and oxygen atoms in total. The van der Waals surface area contributed by atoms with Crippen LogP contribution in [0.2, 0.25) is 0 Å². The number of aromatic nitrogens is 1. The molecule has 8 heavy (non-hydrogen) atoms. The lowest BCUT2D eigenvalue weighted by Gasteiger charge is -1.78. The zero-order valence-corrected chi connectivity index (χ0v) is 4.50. The van der Waals surface area contributed by atoms with Gasteiger partial charge in [-0.3, -0.25) is 0 Å². The maximum atomic E-state index is 4.80. The van der Waals surface area contributed by atoms with Crippen molar-refractivity contribution >= 4 is 0 Å². The Balaban J connectivity index is 2.28. The summed E-state index contributed by atoms with van der Waals surface area (Å²) >= 11 is 0. The van der Waals surface area contributed by atoms with Crippen molar-refractivity contribution in [3.63, 3.8) is 0 Å². The van der Waals surface area contributed by atoms with Gasteiger partial charge in [-0.1, -0.05) is 0 Å². The molecule has 0 aromatic carbocycles. The van der Waals surface area contributed by atoms with E-state index in [-0.39, 0.29) is 0 Å². The average molecular weight is 109 g/mol. The fourth-order valence-electron chi connectivity index (χ4n) is 0.803. The molecule has 1 aromatic heterocycles. The minimum Gasteiger partial charge on any atom is -0.451 e. The quantitative estimate of drug-likeness (QED) is 0.546. The van der Waals surface area contributed by atoms with Gasteiger partial charge in [-0.25, -0.2) is 4.98 Å². The molecule has 1 aromatic rings. The van der Waals surface area contributed by atoms with Crippen molar-refractivity contribution in [2.45, 2.75) is 18.8 Å². The standard InChI is InChI=1S/C6H7NO/c1-2-5(1)6-3-8-4-7-6/h3-5H,1-2H2. The van der Waals surface area contributed by atoms with Crippen molar-refractivity contribution in [3.05, 3.63) is 18.4 Å². The highest BCUT2D eigenvalue weighted by molar-refractivity contribution is 5.07. The summed E-state index contributed by atoms with van der Waals surface area (Å²) in [5, 5.41) is 0. The van der Waals surface area contributed by atoms with Gasteiger partial charge >= 0.3 is 0 Å². The second-order valence-electron chi connectivity index (χ2n) is 2.19. The molecule has 42 valence electrons. The van der Waals surface area contributed by atoms with E-state index in [0.717, 1.165) is 11.6 Å². The van der Waals surface area contributed by atoms with Crippen LogP contribution in [0.4, 0.5) is 0 Å². The minimum atomic E-state index is 0.730. The molecule has 1 saturated carbocycles. The Hall–Kier alpha value is -0.790. The first kappa shape index (κ1) is 4.13. The summed E-state index contributed by atoms with van der Waals surface area (Å²) in [5.41, 5.74) is 1.13. The third-order valence-corrected chi connectivity index (χ3v) is 1.45. The lowest BCUT2D eigenvalue weighted by molar-refractivity contribution is 0.556. The molecule has 2 rings (SSSR count). The second kappa shape index (κ2) is 1.34. The molecule has 1 fully saturated rings. The van der Waals surface area contributed by atoms with Crippen molar-refractivity contribution in [3.8, 4) is 0 Å². The normalized spacial score (nSPS) is 19.0. The maximum absolute atomic E-state index is 4.80. The van der Waals surface area contributed by atoms with E-state index >= 15 is 0 Å². The summed E-state index contributed by atoms with van der Waals surface area (Å²) in [7, 11) is 0. The SMILES string of the molecule is c1nc(C2CC2)co1. The zero-order valence-electron chi connectivity index (χ0n) is 4.50. The lowest BCUT2D eigenvalue weighted by Crippen LogP contribution is -1.73. The van der Waals surface area contributed by atoms with Gasteiger partial charge in [0.25, 0.3) is 0 Å². The van der Waals surface area contributed by atoms with E-state index in [1.165, 1.54) is 19.2 Å². The summed E-state index contributed by atoms with van der Waals surface area (Å²) in [6.07, 6.45) is 5.82. The van der Waals surface area contributed by atoms with Crippen LogP contribution in [0.3, 0.4) is 0 Å². The summed E-state index contributed by atoms with van der Waals surface area (Å²) in [5.74, 6) is 0.730. The summed E-state index contributed by atoms with van der Waals surface area (Å²) in [6, 6.07) is 0. The van der Waals surface area contributed by atoms with Gasteiger partial charge < -0.3 is 4.42 Å². The van der Waals surface area contributed by atoms with Gasteiger partial charge in [0.2, 0.25) is 0 Å². The molecule has 0 radical (unpaired) electrons. The Morgan fingerprint density at radius 1 is 1.62 bits per heavy atom. The smallest absolute Gasteiger partial charge is 0.180 e. The van der Waals surface area contributed by atoms with Gasteiger partial charge in [-0.15, -0.1) is 0 Å². The zero-order chi connectivity index (χ0) is 5.40. The molecule has 2 heteroatoms. The number of nitrogens with zero attached hydrogens (tertiary/aromatic N) is 1. The van der Waals surface area contributed by atoms with E-state index in [9.17, 15) is 0 Å². The first-order chi connectivity index (χ1) is 3.97. The molecule has 1 aliphatic carbocycles. The van der Waals surface area contributed by atoms with Crippen molar-refractivity contribution in [2.75, 3.05) is 0 Å². The number of oxazole rings is 1. The van der Waals surface area contributed by atoms with Gasteiger partial charge in [-0.2, -0.15) is 0 Å². The van der Waals surface area contributed by atoms with E-state index in [1.807, 2.05) is 0 Å². The summed E-state index contributed by atoms with van der Waals surface area (Å²) in [4.78, 5) is 4.01. The molecule has 0 saturated heterocycles. The van der Waals surface area contributed by atoms with Gasteiger partial charge in [0.05, 0.1) is 5.69 Å². The molecular weight excluding hydrogens is 102 g/mol. The number of hydrogen-bond acceptors (Lipinski definition) is 2. The monoisotopic (exact) mass is 109 g/mol. The Bertz CT molecular complexity index is 165. The average Bonchev–Trinajstić information content (AvgIpc) is 2.49. The first-order valence-corrected chi connectivity index (χ1v) is 2.85. The Kier molecular flexibility index (Phi) is 0.692. The minimum absolute atomic E-state index is 0.730. The molecule has 0 aliphatic heterocycles. The van der Waals surface area contributed by atoms with Crippen LogP contribution in [0, 0.1) is 0 Å². The van der Waals surface area contributed by atoms with Gasteiger partial charge in [0.1, 0.15) is 6.26 Å². The molecule has 0 bridgehead atoms. The fourth-order valence-corrected chi connectivity index (χ4v) is 0.803. The number of hydrogen-bond donors (Lipinski definition) is 0. The molecule has 0 amide bonds. The van der Waals surface area contributed by atoms with Crippen molar-refractivity contribution in [1.82, 2.24) is 4.98 Å². The molecule has 0 N–H and O–H groups in total. The summed E-state index contributed by atoms with van der Waals surface area (Å²) in [6.45, 7) is 0. The number of rotatable bonds is 1. The second-order valence-corrected chi connectivity index (χ2v) is 2.19. The van der Waals surface area contributed by atoms with Crippen LogP contribution in [0.25, 0.3) is 0 Å². The fraction of sp³-hybridized carbons (Fsp3) is 0.500. The molecule has 0 atom stereocenters. The Morgan fingerprint density at radius 2 is 2.50 bits per heavy atom. The van der Waals surface area contributed by atoms with Crippen molar-refractivity contribution in [1.29, 1.82) is 0 Å². The maximum Gasteiger partial charge on any atom is 0.180 e. The van der Waals surface area contributed by atoms with E-state index in [0.29, 0.717) is 0 Å². The highest BCUT2D eigenvalue weighted by Crippen LogP contribution is 2.38. The predicted molar refractivity (Wildman–Crippen MR) is 28.5 cm³/mol. The summed E-state index contributed by atoms with van der Waals surface area (Å²) < 4.78 is 4.80. The highest BCUT2D eigenvalue weighted by Gasteiger charge is 2.25. The Labute approximate surface area is 47.5 Å². The van der Waals surface area contributed by atoms with Crippen LogP contribution in [0.1, 0.15) is 24.5 Å². The van der Waals surface area contributed by atoms with Crippen molar-refractivity contribution in [2.24, 2.45) is 0 Å². The van der Waals surface area contributed by atoms with E-state index in [2.05, 4.69) is 4.98 Å². The van der Waals surface area contributed by atoms with Crippen LogP contribution < -0.4 is 0 Å². The lowest BCUT2D eigenvalue weighted by atomic mass is 10.3. The highest BCUT2D eigenvalue weighted by atomic mass is 16.3. The van der Waals surface area contributed by atoms with Gasteiger partial charge in [-0.05, 0) is 12.8 Å². The third kappa shape index (κ3) is 0.529. The van der Waals surface area contributed by atoms with Crippen LogP contribution in [0.5, 0.6) is 0 Å². The van der Waals surface area contributed by atoms with Crippen molar-refractivity contribution < 1.29 is 4.42 Å². The third-order valence-electron chi connectivity index (χ3n) is 1.45. The largest absolute Gasteiger partial charge is 0.451 e.